The molecule has 0 saturated carbocycles. The minimum atomic E-state index is -1.25. The van der Waals surface area contributed by atoms with Crippen molar-refractivity contribution < 1.29 is 33.6 Å². The molecule has 1 aromatic heterocycles. The van der Waals surface area contributed by atoms with E-state index in [0.717, 1.165) is 10.9 Å². The summed E-state index contributed by atoms with van der Waals surface area (Å²) < 4.78 is 0. The smallest absolute Gasteiger partial charge is 0.255 e. The van der Waals surface area contributed by atoms with E-state index in [9.17, 15) is 33.6 Å². The minimum absolute atomic E-state index is 0.00145. The molecule has 1 saturated heterocycles. The number of primary amides is 1. The first kappa shape index (κ1) is 45.3. The zero-order valence-corrected chi connectivity index (χ0v) is 34.9. The Morgan fingerprint density at radius 2 is 1.33 bits per heavy atom. The zero-order valence-electron chi connectivity index (χ0n) is 34.9. The van der Waals surface area contributed by atoms with Gasteiger partial charge in [-0.25, -0.2) is 0 Å². The molecule has 7 amide bonds. The van der Waals surface area contributed by atoms with Gasteiger partial charge in [-0.1, -0.05) is 60.7 Å². The second-order valence-corrected chi connectivity index (χ2v) is 15.8. The molecule has 0 spiro atoms. The molecular weight excluding hydrogens is 807 g/mol. The molecule has 12 N–H and O–H groups in total. The summed E-state index contributed by atoms with van der Waals surface area (Å²) in [7, 11) is 0. The number of H-pyrrole nitrogens is 1. The highest BCUT2D eigenvalue weighted by Gasteiger charge is 2.38. The van der Waals surface area contributed by atoms with Gasteiger partial charge in [0, 0.05) is 49.6 Å². The number of nitrogens with zero attached hydrogens (tertiary/aromatic N) is 2. The molecule has 18 heteroatoms. The van der Waals surface area contributed by atoms with E-state index in [1.165, 1.54) is 17.0 Å². The number of nitrogens with two attached hydrogens (primary N) is 3. The van der Waals surface area contributed by atoms with Crippen LogP contribution < -0.4 is 43.8 Å². The number of aromatic amines is 1. The fraction of sp³-hybridized carbons (Fsp3) is 0.378. The van der Waals surface area contributed by atoms with E-state index in [4.69, 9.17) is 17.2 Å². The second kappa shape index (κ2) is 21.5. The molecule has 0 bridgehead atoms. The third-order valence-corrected chi connectivity index (χ3v) is 11.3. The van der Waals surface area contributed by atoms with Crippen LogP contribution in [0.2, 0.25) is 0 Å². The van der Waals surface area contributed by atoms with E-state index in [-0.39, 0.29) is 68.8 Å². The van der Waals surface area contributed by atoms with Gasteiger partial charge in [-0.2, -0.15) is 0 Å². The number of carbonyl (C=O) groups excluding carboxylic acids is 7. The fourth-order valence-corrected chi connectivity index (χ4v) is 8.01. The van der Waals surface area contributed by atoms with Crippen LogP contribution in [0.1, 0.15) is 76.8 Å². The van der Waals surface area contributed by atoms with Crippen molar-refractivity contribution in [3.8, 4) is 0 Å². The predicted octanol–water partition coefficient (Wildman–Crippen LogP) is 0.650. The Balaban J connectivity index is 1.36. The van der Waals surface area contributed by atoms with Crippen molar-refractivity contribution >= 4 is 58.2 Å². The zero-order chi connectivity index (χ0) is 44.9. The monoisotopic (exact) mass is 861 g/mol. The molecule has 18 nitrogen and oxygen atoms in total. The quantitative estimate of drug-likeness (QED) is 0.0648. The average Bonchev–Trinajstić information content (AvgIpc) is 3.94. The number of aromatic nitrogens is 1. The Morgan fingerprint density at radius 1 is 0.683 bits per heavy atom. The van der Waals surface area contributed by atoms with Crippen molar-refractivity contribution in [2.24, 2.45) is 22.2 Å². The summed E-state index contributed by atoms with van der Waals surface area (Å²) in [5, 5.41) is 14.9. The first-order chi connectivity index (χ1) is 30.4. The second-order valence-electron chi connectivity index (χ2n) is 15.8. The summed E-state index contributed by atoms with van der Waals surface area (Å²) in [5.41, 5.74) is 19.3. The van der Waals surface area contributed by atoms with Gasteiger partial charge in [-0.05, 0) is 74.3 Å². The molecule has 63 heavy (non-hydrogen) atoms. The third kappa shape index (κ3) is 12.0. The van der Waals surface area contributed by atoms with Gasteiger partial charge in [0.2, 0.25) is 29.5 Å². The fourth-order valence-electron chi connectivity index (χ4n) is 8.01. The minimum Gasteiger partial charge on any atom is -0.370 e. The topological polar surface area (TPSA) is 289 Å². The van der Waals surface area contributed by atoms with Gasteiger partial charge in [0.15, 0.2) is 5.96 Å². The highest BCUT2D eigenvalue weighted by Crippen LogP contribution is 2.23. The molecule has 2 aliphatic heterocycles. The first-order valence-electron chi connectivity index (χ1n) is 21.2. The number of amides is 7. The van der Waals surface area contributed by atoms with Gasteiger partial charge in [0.25, 0.3) is 11.8 Å². The maximum atomic E-state index is 14.4. The number of benzene rings is 3. The molecule has 1 fully saturated rings. The number of guanidine groups is 1. The van der Waals surface area contributed by atoms with Crippen molar-refractivity contribution in [2.45, 2.75) is 88.0 Å². The predicted molar refractivity (Wildman–Crippen MR) is 236 cm³/mol. The van der Waals surface area contributed by atoms with E-state index >= 15 is 0 Å². The number of fused-ring (bicyclic) bond motifs is 3. The number of nitrogens with one attached hydrogen (secondary N) is 6. The van der Waals surface area contributed by atoms with Crippen LogP contribution in [0.5, 0.6) is 0 Å². The number of hydrogen-bond acceptors (Lipinski definition) is 8. The van der Waals surface area contributed by atoms with Crippen molar-refractivity contribution in [1.29, 1.82) is 0 Å². The third-order valence-electron chi connectivity index (χ3n) is 11.3. The van der Waals surface area contributed by atoms with Crippen LogP contribution in [0.15, 0.2) is 90.1 Å². The number of rotatable bonds is 9. The van der Waals surface area contributed by atoms with Crippen LogP contribution in [0.25, 0.3) is 10.9 Å². The summed E-state index contributed by atoms with van der Waals surface area (Å²) in [6, 6.07) is 17.0. The van der Waals surface area contributed by atoms with Crippen LogP contribution in [0, 0.1) is 0 Å². The van der Waals surface area contributed by atoms with Gasteiger partial charge in [0.1, 0.15) is 30.2 Å². The average molecular weight is 862 g/mol. The van der Waals surface area contributed by atoms with Crippen molar-refractivity contribution in [3.05, 3.63) is 107 Å². The first-order valence-corrected chi connectivity index (χ1v) is 21.2. The lowest BCUT2D eigenvalue weighted by Crippen LogP contribution is -2.59. The van der Waals surface area contributed by atoms with E-state index in [2.05, 4.69) is 36.6 Å². The lowest BCUT2D eigenvalue weighted by molar-refractivity contribution is -0.135. The van der Waals surface area contributed by atoms with Gasteiger partial charge in [-0.3, -0.25) is 38.6 Å². The number of carbonyl (C=O) groups is 7. The van der Waals surface area contributed by atoms with Crippen LogP contribution >= 0.6 is 0 Å². The van der Waals surface area contributed by atoms with Gasteiger partial charge >= 0.3 is 0 Å². The van der Waals surface area contributed by atoms with Gasteiger partial charge in [0.05, 0.1) is 11.1 Å². The van der Waals surface area contributed by atoms with Crippen molar-refractivity contribution in [1.82, 2.24) is 36.5 Å². The van der Waals surface area contributed by atoms with E-state index in [1.54, 1.807) is 42.6 Å². The SMILES string of the molecule is NC(=O)[C@@H]1CCCCNC(=O)c2ccccc2C(=O)N2CCC[C@H]2C(=O)N[C@H](Cc2ccccc2)C(=O)N[C@@H](CCCN=C(N)N)C(=O)N[C@@H](Cc2c[nH]c3ccccc23)C(=O)N1. The Morgan fingerprint density at radius 3 is 2.10 bits per heavy atom. The van der Waals surface area contributed by atoms with Crippen LogP contribution in [-0.2, 0) is 36.8 Å². The van der Waals surface area contributed by atoms with Crippen LogP contribution in [0.4, 0.5) is 0 Å². The summed E-state index contributed by atoms with van der Waals surface area (Å²) in [6.07, 6.45) is 3.75. The molecule has 5 atom stereocenters. The Hall–Kier alpha value is -7.24. The van der Waals surface area contributed by atoms with E-state index in [1.807, 2.05) is 30.3 Å². The largest absolute Gasteiger partial charge is 0.370 e. The van der Waals surface area contributed by atoms with Crippen LogP contribution in [0.3, 0.4) is 0 Å². The molecule has 3 aromatic carbocycles. The summed E-state index contributed by atoms with van der Waals surface area (Å²) in [5.74, 6) is -4.64. The molecule has 332 valence electrons. The van der Waals surface area contributed by atoms with E-state index < -0.39 is 71.6 Å². The summed E-state index contributed by atoms with van der Waals surface area (Å²) >= 11 is 0. The van der Waals surface area contributed by atoms with Gasteiger partial charge < -0.3 is 53.7 Å². The van der Waals surface area contributed by atoms with Crippen molar-refractivity contribution in [3.63, 3.8) is 0 Å². The molecule has 0 radical (unpaired) electrons. The summed E-state index contributed by atoms with van der Waals surface area (Å²) in [4.78, 5) is 106. The Bertz CT molecular complexity index is 2330. The van der Waals surface area contributed by atoms with E-state index in [0.29, 0.717) is 36.8 Å². The van der Waals surface area contributed by atoms with Crippen molar-refractivity contribution in [2.75, 3.05) is 19.6 Å². The molecule has 4 aromatic rings. The molecule has 3 heterocycles. The highest BCUT2D eigenvalue weighted by atomic mass is 16.2. The van der Waals surface area contributed by atoms with Crippen LogP contribution in [-0.4, -0.2) is 107 Å². The standard InChI is InChI=1S/C45H55N11O7/c46-38(57)33-18-8-9-21-49-39(58)30-15-4-5-16-31(30)44(63)56-23-11-20-37(56)43(62)55-35(24-27-12-2-1-3-13-27)41(60)53-34(19-10-22-50-45(47)48)40(59)54-36(42(61)52-33)25-28-26-51-32-17-7-6-14-29(28)32/h1-7,12-17,26,33-37,51H,8-11,18-25H2,(H2,46,57)(H,49,58)(H,52,61)(H,53,60)(H,54,59)(H,55,62)(H4,47,48,50)/t33-,34-,35+,36-,37-/m0/s1. The number of hydrogen-bond donors (Lipinski definition) is 9. The number of para-hydroxylation sites is 1. The Labute approximate surface area is 364 Å². The Kier molecular flexibility index (Phi) is 15.5. The molecule has 0 aliphatic carbocycles. The maximum Gasteiger partial charge on any atom is 0.255 e. The normalized spacial score (nSPS) is 22.1. The highest BCUT2D eigenvalue weighted by molar-refractivity contribution is 6.08. The molecular formula is C45H55N11O7. The number of aliphatic imine (C=N–C) groups is 1. The lowest BCUT2D eigenvalue weighted by atomic mass is 10.0. The molecule has 2 aliphatic rings. The maximum absolute atomic E-state index is 14.4. The lowest BCUT2D eigenvalue weighted by Gasteiger charge is -2.28. The summed E-state index contributed by atoms with van der Waals surface area (Å²) in [6.45, 7) is 0.554. The molecule has 0 unspecified atom stereocenters. The van der Waals surface area contributed by atoms with Gasteiger partial charge in [-0.15, -0.1) is 0 Å². The molecule has 6 rings (SSSR count).